The maximum atomic E-state index is 13.8. The Hall–Kier alpha value is -4.78. The van der Waals surface area contributed by atoms with E-state index < -0.39 is 11.8 Å². The number of thiocarbonyl (C=S) groups is 1. The molecule has 0 unspecified atom stereocenters. The minimum absolute atomic E-state index is 0.0237. The van der Waals surface area contributed by atoms with Crippen molar-refractivity contribution >= 4 is 52.5 Å². The third-order valence-electron chi connectivity index (χ3n) is 6.59. The SMILES string of the molecule is O=C1/C(=C\c2cc(-c3ccccc3)n(-c3ccccc3)c2-c2ccccc2)C(O)=NC(=S)N1c1cccc(Cl)c1. The van der Waals surface area contributed by atoms with Gasteiger partial charge in [-0.2, -0.15) is 4.99 Å². The summed E-state index contributed by atoms with van der Waals surface area (Å²) in [7, 11) is 0. The van der Waals surface area contributed by atoms with Crippen LogP contribution >= 0.6 is 23.8 Å². The summed E-state index contributed by atoms with van der Waals surface area (Å²) < 4.78 is 2.16. The van der Waals surface area contributed by atoms with Crippen LogP contribution < -0.4 is 4.90 Å². The second kappa shape index (κ2) is 10.8. The number of halogens is 1. The summed E-state index contributed by atoms with van der Waals surface area (Å²) in [6, 6.07) is 38.9. The minimum Gasteiger partial charge on any atom is -0.493 e. The molecule has 1 amide bonds. The zero-order valence-electron chi connectivity index (χ0n) is 21.1. The van der Waals surface area contributed by atoms with Crippen LogP contribution in [0.25, 0.3) is 34.3 Å². The van der Waals surface area contributed by atoms with Gasteiger partial charge in [-0.25, -0.2) is 0 Å². The lowest BCUT2D eigenvalue weighted by Gasteiger charge is -2.25. The minimum atomic E-state index is -0.493. The average Bonchev–Trinajstić information content (AvgIpc) is 3.36. The van der Waals surface area contributed by atoms with Crippen LogP contribution in [0.3, 0.4) is 0 Å². The Morgan fingerprint density at radius 1 is 0.750 bits per heavy atom. The fourth-order valence-corrected chi connectivity index (χ4v) is 5.29. The molecule has 4 aromatic carbocycles. The van der Waals surface area contributed by atoms with Crippen molar-refractivity contribution in [1.29, 1.82) is 0 Å². The molecule has 5 aromatic rings. The van der Waals surface area contributed by atoms with Gasteiger partial charge in [0, 0.05) is 16.3 Å². The van der Waals surface area contributed by atoms with E-state index in [1.54, 1.807) is 30.3 Å². The number of amides is 1. The standard InChI is InChI=1S/C33H22ClN3O2S/c34-25-15-10-18-27(21-25)37-32(39)28(31(38)35-33(37)40)19-24-20-29(22-11-4-1-5-12-22)36(26-16-8-3-9-17-26)30(24)23-13-6-2-7-14-23/h1-21H,(H,35,38,40)/b28-19-. The maximum absolute atomic E-state index is 13.8. The molecular formula is C33H22ClN3O2S. The summed E-state index contributed by atoms with van der Waals surface area (Å²) in [6.45, 7) is 0. The number of aliphatic hydroxyl groups excluding tert-OH is 1. The number of anilines is 1. The van der Waals surface area contributed by atoms with Crippen LogP contribution in [0.15, 0.2) is 132 Å². The van der Waals surface area contributed by atoms with E-state index in [0.717, 1.165) is 33.8 Å². The molecule has 1 aliphatic heterocycles. The van der Waals surface area contributed by atoms with Gasteiger partial charge in [0.15, 0.2) is 0 Å². The van der Waals surface area contributed by atoms with Crippen LogP contribution in [0.2, 0.25) is 5.02 Å². The van der Waals surface area contributed by atoms with Gasteiger partial charge in [-0.05, 0) is 65.8 Å². The van der Waals surface area contributed by atoms with E-state index in [1.165, 1.54) is 4.90 Å². The number of carbonyl (C=O) groups excluding carboxylic acids is 1. The normalized spacial score (nSPS) is 14.5. The second-order valence-electron chi connectivity index (χ2n) is 9.13. The van der Waals surface area contributed by atoms with E-state index in [1.807, 2.05) is 97.1 Å². The number of aliphatic imine (C=N–C) groups is 1. The van der Waals surface area contributed by atoms with Gasteiger partial charge in [0.2, 0.25) is 11.0 Å². The summed E-state index contributed by atoms with van der Waals surface area (Å²) in [6.07, 6.45) is 1.68. The van der Waals surface area contributed by atoms with Crippen LogP contribution in [0.4, 0.5) is 5.69 Å². The second-order valence-corrected chi connectivity index (χ2v) is 9.93. The lowest BCUT2D eigenvalue weighted by Crippen LogP contribution is -2.42. The Balaban J connectivity index is 1.61. The number of carbonyl (C=O) groups is 1. The molecule has 0 radical (unpaired) electrons. The van der Waals surface area contributed by atoms with E-state index in [4.69, 9.17) is 23.8 Å². The van der Waals surface area contributed by atoms with Crippen LogP contribution in [0.1, 0.15) is 5.56 Å². The number of aliphatic hydroxyl groups is 1. The molecule has 0 atom stereocenters. The molecule has 1 aromatic heterocycles. The van der Waals surface area contributed by atoms with Crippen molar-refractivity contribution in [2.24, 2.45) is 4.99 Å². The molecule has 0 bridgehead atoms. The maximum Gasteiger partial charge on any atom is 0.270 e. The largest absolute Gasteiger partial charge is 0.493 e. The van der Waals surface area contributed by atoms with E-state index in [9.17, 15) is 9.90 Å². The van der Waals surface area contributed by atoms with Crippen molar-refractivity contribution in [3.63, 3.8) is 0 Å². The first-order valence-electron chi connectivity index (χ1n) is 12.6. The van der Waals surface area contributed by atoms with Gasteiger partial charge >= 0.3 is 0 Å². The van der Waals surface area contributed by atoms with E-state index in [0.29, 0.717) is 10.7 Å². The van der Waals surface area contributed by atoms with E-state index in [-0.39, 0.29) is 10.7 Å². The molecule has 5 nitrogen and oxygen atoms in total. The van der Waals surface area contributed by atoms with Crippen LogP contribution in [0, 0.1) is 0 Å². The molecule has 2 heterocycles. The Morgan fingerprint density at radius 2 is 1.35 bits per heavy atom. The van der Waals surface area contributed by atoms with Crippen LogP contribution in [-0.4, -0.2) is 26.6 Å². The van der Waals surface area contributed by atoms with Gasteiger partial charge in [0.1, 0.15) is 5.57 Å². The third kappa shape index (κ3) is 4.75. The predicted octanol–water partition coefficient (Wildman–Crippen LogP) is 8.14. The number of aromatic nitrogens is 1. The molecule has 6 rings (SSSR count). The van der Waals surface area contributed by atoms with E-state index >= 15 is 0 Å². The molecule has 0 saturated carbocycles. The quantitative estimate of drug-likeness (QED) is 0.175. The van der Waals surface area contributed by atoms with E-state index in [2.05, 4.69) is 9.56 Å². The molecule has 194 valence electrons. The van der Waals surface area contributed by atoms with Crippen molar-refractivity contribution in [3.05, 3.63) is 137 Å². The van der Waals surface area contributed by atoms with Crippen molar-refractivity contribution in [2.45, 2.75) is 0 Å². The highest BCUT2D eigenvalue weighted by Gasteiger charge is 2.33. The molecule has 0 aliphatic carbocycles. The topological polar surface area (TPSA) is 57.8 Å². The highest BCUT2D eigenvalue weighted by Crippen LogP contribution is 2.38. The molecule has 1 N–H and O–H groups in total. The molecule has 0 spiro atoms. The fraction of sp³-hybridized carbons (Fsp3) is 0. The Labute approximate surface area is 241 Å². The highest BCUT2D eigenvalue weighted by atomic mass is 35.5. The number of benzene rings is 4. The fourth-order valence-electron chi connectivity index (χ4n) is 4.83. The number of hydrogen-bond donors (Lipinski definition) is 1. The first kappa shape index (κ1) is 25.5. The zero-order chi connectivity index (χ0) is 27.6. The number of nitrogens with zero attached hydrogens (tertiary/aromatic N) is 3. The van der Waals surface area contributed by atoms with Crippen molar-refractivity contribution in [3.8, 4) is 28.2 Å². The van der Waals surface area contributed by atoms with Gasteiger partial charge in [0.25, 0.3) is 5.91 Å². The number of hydrogen-bond acceptors (Lipinski definition) is 2. The predicted molar refractivity (Wildman–Crippen MR) is 166 cm³/mol. The highest BCUT2D eigenvalue weighted by molar-refractivity contribution is 7.80. The summed E-state index contributed by atoms with van der Waals surface area (Å²) in [5, 5.41) is 11.3. The average molecular weight is 560 g/mol. The van der Waals surface area contributed by atoms with Gasteiger partial charge in [-0.3, -0.25) is 9.69 Å². The molecule has 1 aliphatic rings. The van der Waals surface area contributed by atoms with Gasteiger partial charge in [-0.15, -0.1) is 0 Å². The Kier molecular flexibility index (Phi) is 6.86. The lowest BCUT2D eigenvalue weighted by molar-refractivity contribution is -0.113. The van der Waals surface area contributed by atoms with Crippen molar-refractivity contribution in [2.75, 3.05) is 4.90 Å². The summed E-state index contributed by atoms with van der Waals surface area (Å²) in [4.78, 5) is 19.2. The molecular weight excluding hydrogens is 538 g/mol. The number of para-hydroxylation sites is 1. The summed E-state index contributed by atoms with van der Waals surface area (Å²) in [5.41, 5.74) is 5.93. The monoisotopic (exact) mass is 559 g/mol. The van der Waals surface area contributed by atoms with Crippen LogP contribution in [-0.2, 0) is 4.79 Å². The summed E-state index contributed by atoms with van der Waals surface area (Å²) >= 11 is 11.6. The Bertz CT molecular complexity index is 1800. The molecule has 0 saturated heterocycles. The zero-order valence-corrected chi connectivity index (χ0v) is 22.7. The van der Waals surface area contributed by atoms with Crippen molar-refractivity contribution < 1.29 is 9.90 Å². The summed E-state index contributed by atoms with van der Waals surface area (Å²) in [5.74, 6) is -0.923. The third-order valence-corrected chi connectivity index (χ3v) is 7.10. The van der Waals surface area contributed by atoms with Gasteiger partial charge in [0.05, 0.1) is 17.1 Å². The lowest BCUT2D eigenvalue weighted by atomic mass is 10.0. The molecule has 7 heteroatoms. The smallest absolute Gasteiger partial charge is 0.270 e. The van der Waals surface area contributed by atoms with Crippen molar-refractivity contribution in [1.82, 2.24) is 4.57 Å². The first-order valence-corrected chi connectivity index (χ1v) is 13.4. The van der Waals surface area contributed by atoms with Crippen LogP contribution in [0.5, 0.6) is 0 Å². The molecule has 0 fully saturated rings. The number of rotatable bonds is 5. The van der Waals surface area contributed by atoms with Gasteiger partial charge < -0.3 is 9.67 Å². The van der Waals surface area contributed by atoms with Gasteiger partial charge in [-0.1, -0.05) is 96.5 Å². The Morgan fingerprint density at radius 3 is 2.00 bits per heavy atom. The first-order chi connectivity index (χ1) is 19.5. The molecule has 40 heavy (non-hydrogen) atoms.